The molecule has 0 aliphatic carbocycles. The van der Waals surface area contributed by atoms with E-state index in [0.29, 0.717) is 18.5 Å². The molecule has 1 heterocycles. The third kappa shape index (κ3) is 4.45. The predicted octanol–water partition coefficient (Wildman–Crippen LogP) is 3.31. The van der Waals surface area contributed by atoms with Crippen molar-refractivity contribution >= 4 is 0 Å². The molecule has 0 bridgehead atoms. The Morgan fingerprint density at radius 3 is 2.33 bits per heavy atom. The lowest BCUT2D eigenvalue weighted by Gasteiger charge is -2.32. The average Bonchev–Trinajstić information content (AvgIpc) is 2.44. The largest absolute Gasteiger partial charge is 0.317 e. The van der Waals surface area contributed by atoms with Gasteiger partial charge >= 0.3 is 0 Å². The lowest BCUT2D eigenvalue weighted by Crippen LogP contribution is -2.39. The minimum Gasteiger partial charge on any atom is -0.317 e. The van der Waals surface area contributed by atoms with Crippen LogP contribution in [0.2, 0.25) is 0 Å². The van der Waals surface area contributed by atoms with Gasteiger partial charge in [0.15, 0.2) is 11.6 Å². The van der Waals surface area contributed by atoms with Crippen molar-refractivity contribution in [3.05, 3.63) is 35.1 Å². The first-order valence-electron chi connectivity index (χ1n) is 7.55. The van der Waals surface area contributed by atoms with Gasteiger partial charge in [0.25, 0.3) is 0 Å². The lowest BCUT2D eigenvalue weighted by atomic mass is 9.96. The van der Waals surface area contributed by atoms with Gasteiger partial charge in [0, 0.05) is 30.8 Å². The number of nitrogens with one attached hydrogen (secondary N) is 1. The fourth-order valence-corrected chi connectivity index (χ4v) is 2.76. The number of nitrogens with zero attached hydrogens (tertiary/aromatic N) is 1. The van der Waals surface area contributed by atoms with E-state index >= 15 is 0 Å². The Morgan fingerprint density at radius 1 is 1.10 bits per heavy atom. The Balaban J connectivity index is 2.07. The summed E-state index contributed by atoms with van der Waals surface area (Å²) in [6.07, 6.45) is 2.20. The van der Waals surface area contributed by atoms with Crippen LogP contribution in [0.1, 0.15) is 32.3 Å². The molecule has 1 aromatic rings. The molecular formula is C16H23F3N2. The molecule has 1 N–H and O–H groups in total. The third-order valence-corrected chi connectivity index (χ3v) is 4.14. The van der Waals surface area contributed by atoms with E-state index in [1.165, 1.54) is 0 Å². The molecule has 0 radical (unpaired) electrons. The maximum absolute atomic E-state index is 13.8. The van der Waals surface area contributed by atoms with E-state index < -0.39 is 17.5 Å². The first-order valence-corrected chi connectivity index (χ1v) is 7.55. The van der Waals surface area contributed by atoms with E-state index in [0.717, 1.165) is 38.5 Å². The SMILES string of the molecule is CC(C)N(Cc1cc(F)c(F)cc1F)CC1CCNCC1. The van der Waals surface area contributed by atoms with Crippen molar-refractivity contribution in [1.82, 2.24) is 10.2 Å². The van der Waals surface area contributed by atoms with Gasteiger partial charge in [-0.25, -0.2) is 13.2 Å². The lowest BCUT2D eigenvalue weighted by molar-refractivity contribution is 0.160. The molecule has 0 atom stereocenters. The Morgan fingerprint density at radius 2 is 1.71 bits per heavy atom. The van der Waals surface area contributed by atoms with Crippen molar-refractivity contribution in [2.75, 3.05) is 19.6 Å². The van der Waals surface area contributed by atoms with E-state index in [9.17, 15) is 13.2 Å². The monoisotopic (exact) mass is 300 g/mol. The van der Waals surface area contributed by atoms with Gasteiger partial charge in [-0.1, -0.05) is 0 Å². The molecular weight excluding hydrogens is 277 g/mol. The molecule has 0 saturated carbocycles. The molecule has 1 saturated heterocycles. The summed E-state index contributed by atoms with van der Waals surface area (Å²) in [7, 11) is 0. The van der Waals surface area contributed by atoms with Crippen LogP contribution in [0.25, 0.3) is 0 Å². The van der Waals surface area contributed by atoms with E-state index in [4.69, 9.17) is 0 Å². The van der Waals surface area contributed by atoms with E-state index in [2.05, 4.69) is 10.2 Å². The number of halogens is 3. The minimum atomic E-state index is -1.13. The topological polar surface area (TPSA) is 15.3 Å². The molecule has 2 rings (SSSR count). The van der Waals surface area contributed by atoms with Crippen LogP contribution in [0.3, 0.4) is 0 Å². The molecule has 0 aromatic heterocycles. The van der Waals surface area contributed by atoms with Gasteiger partial charge in [0.2, 0.25) is 0 Å². The highest BCUT2D eigenvalue weighted by Gasteiger charge is 2.21. The molecule has 21 heavy (non-hydrogen) atoms. The fraction of sp³-hybridized carbons (Fsp3) is 0.625. The summed E-state index contributed by atoms with van der Waals surface area (Å²) in [6.45, 7) is 7.27. The van der Waals surface area contributed by atoms with Crippen LogP contribution in [0.15, 0.2) is 12.1 Å². The van der Waals surface area contributed by atoms with Crippen LogP contribution in [-0.4, -0.2) is 30.6 Å². The summed E-state index contributed by atoms with van der Waals surface area (Å²) in [6, 6.07) is 1.84. The number of benzene rings is 1. The predicted molar refractivity (Wildman–Crippen MR) is 77.5 cm³/mol. The van der Waals surface area contributed by atoms with E-state index in [1.54, 1.807) is 0 Å². The van der Waals surface area contributed by atoms with Gasteiger partial charge in [0.1, 0.15) is 5.82 Å². The average molecular weight is 300 g/mol. The van der Waals surface area contributed by atoms with Gasteiger partial charge < -0.3 is 5.32 Å². The zero-order valence-corrected chi connectivity index (χ0v) is 12.6. The Hall–Kier alpha value is -1.07. The van der Waals surface area contributed by atoms with Crippen molar-refractivity contribution < 1.29 is 13.2 Å². The molecule has 1 aromatic carbocycles. The molecule has 0 amide bonds. The molecule has 2 nitrogen and oxygen atoms in total. The van der Waals surface area contributed by atoms with Gasteiger partial charge in [-0.15, -0.1) is 0 Å². The van der Waals surface area contributed by atoms with E-state index in [-0.39, 0.29) is 11.6 Å². The number of hydrogen-bond donors (Lipinski definition) is 1. The Bertz CT molecular complexity index is 471. The third-order valence-electron chi connectivity index (χ3n) is 4.14. The summed E-state index contributed by atoms with van der Waals surface area (Å²) in [5, 5.41) is 3.32. The quantitative estimate of drug-likeness (QED) is 0.839. The highest BCUT2D eigenvalue weighted by atomic mass is 19.2. The fourth-order valence-electron chi connectivity index (χ4n) is 2.76. The van der Waals surface area contributed by atoms with Gasteiger partial charge in [-0.2, -0.15) is 0 Å². The second-order valence-corrected chi connectivity index (χ2v) is 6.07. The maximum atomic E-state index is 13.8. The van der Waals surface area contributed by atoms with Crippen LogP contribution in [0.5, 0.6) is 0 Å². The van der Waals surface area contributed by atoms with Crippen molar-refractivity contribution in [3.8, 4) is 0 Å². The molecule has 5 heteroatoms. The van der Waals surface area contributed by atoms with E-state index in [1.807, 2.05) is 13.8 Å². The second kappa shape index (κ2) is 7.27. The Labute approximate surface area is 124 Å². The van der Waals surface area contributed by atoms with Crippen molar-refractivity contribution in [1.29, 1.82) is 0 Å². The summed E-state index contributed by atoms with van der Waals surface area (Å²) in [5.74, 6) is -2.23. The zero-order chi connectivity index (χ0) is 15.4. The molecule has 0 unspecified atom stereocenters. The van der Waals surface area contributed by atoms with Crippen LogP contribution in [-0.2, 0) is 6.54 Å². The summed E-state index contributed by atoms with van der Waals surface area (Å²) in [5.41, 5.74) is 0.219. The standard InChI is InChI=1S/C16H23F3N2/c1-11(2)21(9-12-3-5-20-6-4-12)10-13-7-15(18)16(19)8-14(13)17/h7-8,11-12,20H,3-6,9-10H2,1-2H3. The van der Waals surface area contributed by atoms with Crippen LogP contribution in [0, 0.1) is 23.4 Å². The van der Waals surface area contributed by atoms with Crippen molar-refractivity contribution in [2.24, 2.45) is 5.92 Å². The zero-order valence-electron chi connectivity index (χ0n) is 12.6. The normalized spacial score (nSPS) is 16.9. The smallest absolute Gasteiger partial charge is 0.161 e. The van der Waals surface area contributed by atoms with Crippen molar-refractivity contribution in [2.45, 2.75) is 39.3 Å². The van der Waals surface area contributed by atoms with Gasteiger partial charge in [-0.05, 0) is 51.8 Å². The first kappa shape index (κ1) is 16.3. The molecule has 1 aliphatic heterocycles. The number of piperidine rings is 1. The number of rotatable bonds is 5. The first-order chi connectivity index (χ1) is 9.97. The van der Waals surface area contributed by atoms with Crippen molar-refractivity contribution in [3.63, 3.8) is 0 Å². The highest BCUT2D eigenvalue weighted by Crippen LogP contribution is 2.20. The number of hydrogen-bond acceptors (Lipinski definition) is 2. The summed E-state index contributed by atoms with van der Waals surface area (Å²) < 4.78 is 40.1. The van der Waals surface area contributed by atoms with Crippen LogP contribution < -0.4 is 5.32 Å². The Kier molecular flexibility index (Phi) is 5.65. The molecule has 1 fully saturated rings. The van der Waals surface area contributed by atoms with Gasteiger partial charge in [-0.3, -0.25) is 4.90 Å². The van der Waals surface area contributed by atoms with Gasteiger partial charge in [0.05, 0.1) is 0 Å². The van der Waals surface area contributed by atoms with Crippen LogP contribution >= 0.6 is 0 Å². The molecule has 118 valence electrons. The summed E-state index contributed by atoms with van der Waals surface area (Å²) in [4.78, 5) is 2.13. The highest BCUT2D eigenvalue weighted by molar-refractivity contribution is 5.20. The minimum absolute atomic E-state index is 0.219. The summed E-state index contributed by atoms with van der Waals surface area (Å²) >= 11 is 0. The molecule has 0 spiro atoms. The second-order valence-electron chi connectivity index (χ2n) is 6.07. The maximum Gasteiger partial charge on any atom is 0.161 e. The molecule has 1 aliphatic rings. The van der Waals surface area contributed by atoms with Crippen LogP contribution in [0.4, 0.5) is 13.2 Å².